The fourth-order valence-corrected chi connectivity index (χ4v) is 3.50. The average Bonchev–Trinajstić information content (AvgIpc) is 2.94. The lowest BCUT2D eigenvalue weighted by molar-refractivity contribution is -0.159. The van der Waals surface area contributed by atoms with E-state index in [0.717, 1.165) is 37.7 Å². The Morgan fingerprint density at radius 2 is 1.30 bits per heavy atom. The minimum Gasteiger partial charge on any atom is -0.473 e. The van der Waals surface area contributed by atoms with Gasteiger partial charge in [-0.3, -0.25) is 9.69 Å². The van der Waals surface area contributed by atoms with Crippen LogP contribution in [-0.4, -0.2) is 131 Å². The van der Waals surface area contributed by atoms with Crippen molar-refractivity contribution in [3.05, 3.63) is 24.3 Å². The number of anilines is 2. The first-order valence-corrected chi connectivity index (χ1v) is 12.2. The van der Waals surface area contributed by atoms with Gasteiger partial charge in [0.1, 0.15) is 0 Å². The van der Waals surface area contributed by atoms with Crippen LogP contribution in [-0.2, 0) is 33.4 Å². The number of ether oxygens (including phenoxy) is 2. The fourth-order valence-electron chi connectivity index (χ4n) is 3.50. The molecule has 16 heteroatoms. The van der Waals surface area contributed by atoms with Gasteiger partial charge < -0.3 is 45.0 Å². The highest BCUT2D eigenvalue weighted by molar-refractivity contribution is 6.27. The van der Waals surface area contributed by atoms with Crippen molar-refractivity contribution in [2.45, 2.75) is 19.9 Å². The van der Waals surface area contributed by atoms with Crippen LogP contribution in [0.3, 0.4) is 0 Å². The summed E-state index contributed by atoms with van der Waals surface area (Å²) in [6.07, 6.45) is -0.278. The topological polar surface area (TPSA) is 224 Å². The van der Waals surface area contributed by atoms with E-state index in [9.17, 15) is 9.59 Å². The molecule has 3 rings (SSSR count). The largest absolute Gasteiger partial charge is 0.473 e. The molecule has 2 heterocycles. The molecule has 0 aliphatic carbocycles. The Labute approximate surface area is 229 Å². The first-order chi connectivity index (χ1) is 18.9. The van der Waals surface area contributed by atoms with E-state index in [1.165, 1.54) is 0 Å². The van der Waals surface area contributed by atoms with Gasteiger partial charge in [-0.05, 0) is 38.1 Å². The van der Waals surface area contributed by atoms with Gasteiger partial charge in [-0.25, -0.2) is 24.0 Å². The summed E-state index contributed by atoms with van der Waals surface area (Å²) in [5.41, 5.74) is 1.93. The minimum atomic E-state index is -1.82. The molecular weight excluding hydrogens is 536 g/mol. The summed E-state index contributed by atoms with van der Waals surface area (Å²) in [4.78, 5) is 66.9. The Morgan fingerprint density at radius 1 is 0.825 bits per heavy atom. The van der Waals surface area contributed by atoms with Crippen molar-refractivity contribution in [3.63, 3.8) is 0 Å². The maximum atomic E-state index is 12.6. The van der Waals surface area contributed by atoms with Crippen molar-refractivity contribution in [1.82, 2.24) is 9.80 Å². The molecule has 0 bridgehead atoms. The van der Waals surface area contributed by atoms with E-state index in [1.807, 2.05) is 31.2 Å². The second kappa shape index (κ2) is 17.2. The number of benzene rings is 1. The second-order valence-corrected chi connectivity index (χ2v) is 8.25. The predicted molar refractivity (Wildman–Crippen MR) is 138 cm³/mol. The quantitative estimate of drug-likeness (QED) is 0.293. The zero-order chi connectivity index (χ0) is 30.2. The van der Waals surface area contributed by atoms with E-state index in [-0.39, 0.29) is 18.0 Å². The average molecular weight is 571 g/mol. The number of nitrogens with zero attached hydrogens (tertiary/aromatic N) is 3. The van der Waals surface area contributed by atoms with E-state index in [0.29, 0.717) is 32.8 Å². The van der Waals surface area contributed by atoms with Gasteiger partial charge in [-0.15, -0.1) is 0 Å². The molecule has 222 valence electrons. The number of hydrogen-bond donors (Lipinski definition) is 5. The van der Waals surface area contributed by atoms with Gasteiger partial charge in [0.15, 0.2) is 0 Å². The lowest BCUT2D eigenvalue weighted by Crippen LogP contribution is -2.54. The Bertz CT molecular complexity index is 971. The second-order valence-electron chi connectivity index (χ2n) is 8.25. The molecular formula is C24H34N4O12. The number of carbonyl (C=O) groups is 6. The summed E-state index contributed by atoms with van der Waals surface area (Å²) in [5, 5.41) is 32.6. The van der Waals surface area contributed by atoms with Gasteiger partial charge in [0.2, 0.25) is 5.91 Å². The summed E-state index contributed by atoms with van der Waals surface area (Å²) >= 11 is 0. The number of nitrogens with one attached hydrogen (secondary N) is 1. The summed E-state index contributed by atoms with van der Waals surface area (Å²) in [6.45, 7) is 9.82. The number of piperazine rings is 1. The number of aliphatic carboxylic acids is 4. The normalized spacial score (nSPS) is 15.7. The van der Waals surface area contributed by atoms with Gasteiger partial charge in [-0.2, -0.15) is 0 Å². The third-order valence-electron chi connectivity index (χ3n) is 5.64. The molecule has 5 N–H and O–H groups in total. The van der Waals surface area contributed by atoms with E-state index >= 15 is 0 Å². The first-order valence-electron chi connectivity index (χ1n) is 12.2. The fraction of sp³-hybridized carbons (Fsp3) is 0.500. The minimum absolute atomic E-state index is 0.0382. The van der Waals surface area contributed by atoms with Gasteiger partial charge in [-0.1, -0.05) is 0 Å². The molecule has 0 radical (unpaired) electrons. The Morgan fingerprint density at radius 3 is 1.73 bits per heavy atom. The third kappa shape index (κ3) is 12.0. The zero-order valence-corrected chi connectivity index (χ0v) is 22.1. The van der Waals surface area contributed by atoms with Crippen LogP contribution in [0.5, 0.6) is 0 Å². The molecule has 2 saturated heterocycles. The summed E-state index contributed by atoms with van der Waals surface area (Å²) < 4.78 is 10.4. The molecule has 0 spiro atoms. The van der Waals surface area contributed by atoms with Crippen molar-refractivity contribution >= 4 is 47.3 Å². The summed E-state index contributed by atoms with van der Waals surface area (Å²) in [5.74, 6) is -7.33. The van der Waals surface area contributed by atoms with Crippen LogP contribution < -0.4 is 10.2 Å². The summed E-state index contributed by atoms with van der Waals surface area (Å²) in [7, 11) is 0. The number of amides is 2. The highest BCUT2D eigenvalue weighted by Gasteiger charge is 2.28. The molecule has 1 aromatic carbocycles. The molecule has 0 saturated carbocycles. The Hall–Kier alpha value is -4.44. The third-order valence-corrected chi connectivity index (χ3v) is 5.64. The van der Waals surface area contributed by atoms with Crippen molar-refractivity contribution in [2.75, 3.05) is 69.3 Å². The SMILES string of the molecule is CCOC(=O)N1CCN(C(C)C(=O)Nc2ccc(N3CCOCC3)cc2)CC1.O=C(O)C(=O)O.O=C(O)C(=O)O. The van der Waals surface area contributed by atoms with Crippen molar-refractivity contribution in [2.24, 2.45) is 0 Å². The van der Waals surface area contributed by atoms with Crippen LogP contribution in [0.1, 0.15) is 13.8 Å². The molecule has 2 aliphatic rings. The standard InChI is InChI=1S/C20H30N4O4.2C2H2O4/c1-3-28-20(26)24-10-8-22(9-11-24)16(2)19(25)21-17-4-6-18(7-5-17)23-12-14-27-15-13-23;2*3-1(4)2(5)6/h4-7,16H,3,8-15H2,1-2H3,(H,21,25);2*(H,3,4)(H,5,6). The van der Waals surface area contributed by atoms with E-state index in [1.54, 1.807) is 11.8 Å². The van der Waals surface area contributed by atoms with Crippen molar-refractivity contribution < 1.29 is 58.7 Å². The van der Waals surface area contributed by atoms with Gasteiger partial charge >= 0.3 is 30.0 Å². The monoisotopic (exact) mass is 570 g/mol. The maximum absolute atomic E-state index is 12.6. The molecule has 1 atom stereocenters. The lowest BCUT2D eigenvalue weighted by atomic mass is 10.2. The predicted octanol–water partition coefficient (Wildman–Crippen LogP) is -0.0645. The molecule has 40 heavy (non-hydrogen) atoms. The zero-order valence-electron chi connectivity index (χ0n) is 22.1. The number of morpholine rings is 1. The van der Waals surface area contributed by atoms with Crippen molar-refractivity contribution in [3.8, 4) is 0 Å². The van der Waals surface area contributed by atoms with E-state index in [4.69, 9.17) is 49.1 Å². The van der Waals surface area contributed by atoms with Crippen LogP contribution in [0.25, 0.3) is 0 Å². The van der Waals surface area contributed by atoms with Crippen LogP contribution in [0.2, 0.25) is 0 Å². The summed E-state index contributed by atoms with van der Waals surface area (Å²) in [6, 6.07) is 7.68. The number of carboxylic acids is 4. The van der Waals surface area contributed by atoms with Crippen molar-refractivity contribution in [1.29, 1.82) is 0 Å². The van der Waals surface area contributed by atoms with Crippen LogP contribution in [0.15, 0.2) is 24.3 Å². The first kappa shape index (κ1) is 33.6. The molecule has 2 aliphatic heterocycles. The molecule has 0 aromatic heterocycles. The molecule has 1 aromatic rings. The molecule has 16 nitrogen and oxygen atoms in total. The van der Waals surface area contributed by atoms with Gasteiger partial charge in [0.05, 0.1) is 25.9 Å². The number of carboxylic acid groups (broad SMARTS) is 4. The number of rotatable bonds is 5. The maximum Gasteiger partial charge on any atom is 0.414 e. The smallest absolute Gasteiger partial charge is 0.414 e. The van der Waals surface area contributed by atoms with Crippen LogP contribution in [0, 0.1) is 0 Å². The van der Waals surface area contributed by atoms with E-state index in [2.05, 4.69) is 15.1 Å². The number of carbonyl (C=O) groups excluding carboxylic acids is 2. The highest BCUT2D eigenvalue weighted by Crippen LogP contribution is 2.19. The molecule has 1 unspecified atom stereocenters. The number of hydrogen-bond acceptors (Lipinski definition) is 10. The lowest BCUT2D eigenvalue weighted by Gasteiger charge is -2.36. The molecule has 2 fully saturated rings. The van der Waals surface area contributed by atoms with Gasteiger partial charge in [0, 0.05) is 50.6 Å². The Kier molecular flexibility index (Phi) is 14.4. The van der Waals surface area contributed by atoms with Gasteiger partial charge in [0.25, 0.3) is 0 Å². The van der Waals surface area contributed by atoms with E-state index < -0.39 is 23.9 Å². The molecule has 2 amide bonds. The van der Waals surface area contributed by atoms with Crippen LogP contribution in [0.4, 0.5) is 16.2 Å². The Balaban J connectivity index is 0.000000559. The van der Waals surface area contributed by atoms with Crippen LogP contribution >= 0.6 is 0 Å². The highest BCUT2D eigenvalue weighted by atomic mass is 16.6.